The first-order chi connectivity index (χ1) is 16.1. The molecule has 0 aliphatic heterocycles. The fourth-order valence-electron chi connectivity index (χ4n) is 3.38. The number of amides is 2. The molecule has 0 aliphatic carbocycles. The van der Waals surface area contributed by atoms with Crippen molar-refractivity contribution >= 4 is 51.4 Å². The normalized spacial score (nSPS) is 10.5. The van der Waals surface area contributed by atoms with Gasteiger partial charge in [0.05, 0.1) is 17.6 Å². The SMILES string of the molecule is COC(=O)c1c(NC(=O)COc2ccc(Cl)cc2C)sc(C(=O)Nc2ccc(C)cc2C)c1C. The number of esters is 1. The van der Waals surface area contributed by atoms with Crippen molar-refractivity contribution in [1.29, 1.82) is 0 Å². The topological polar surface area (TPSA) is 93.7 Å². The van der Waals surface area contributed by atoms with Crippen molar-refractivity contribution in [2.75, 3.05) is 24.4 Å². The Balaban J connectivity index is 1.81. The molecule has 9 heteroatoms. The minimum absolute atomic E-state index is 0.134. The van der Waals surface area contributed by atoms with E-state index in [0.29, 0.717) is 26.9 Å². The number of thiophene rings is 1. The Bertz CT molecular complexity index is 1270. The van der Waals surface area contributed by atoms with E-state index in [0.717, 1.165) is 28.0 Å². The number of carbonyl (C=O) groups is 3. The molecule has 0 aliphatic rings. The lowest BCUT2D eigenvalue weighted by molar-refractivity contribution is -0.118. The molecule has 3 aromatic rings. The lowest BCUT2D eigenvalue weighted by Crippen LogP contribution is -2.21. The van der Waals surface area contributed by atoms with Gasteiger partial charge in [0.1, 0.15) is 10.8 Å². The minimum Gasteiger partial charge on any atom is -0.483 e. The second kappa shape index (κ2) is 10.7. The van der Waals surface area contributed by atoms with Crippen LogP contribution in [0.15, 0.2) is 36.4 Å². The molecule has 2 N–H and O–H groups in total. The standard InChI is InChI=1S/C25H25ClN2O5S/c1-13-6-8-18(14(2)10-13)27-23(30)22-16(4)21(25(31)32-5)24(34-22)28-20(29)12-33-19-9-7-17(26)11-15(19)3/h6-11H,12H2,1-5H3,(H,27,30)(H,28,29). The average molecular weight is 501 g/mol. The van der Waals surface area contributed by atoms with E-state index < -0.39 is 11.9 Å². The minimum atomic E-state index is -0.649. The summed E-state index contributed by atoms with van der Waals surface area (Å²) in [6.07, 6.45) is 0. The highest BCUT2D eigenvalue weighted by molar-refractivity contribution is 7.19. The van der Waals surface area contributed by atoms with Crippen molar-refractivity contribution in [2.24, 2.45) is 0 Å². The van der Waals surface area contributed by atoms with Gasteiger partial charge in [-0.3, -0.25) is 9.59 Å². The summed E-state index contributed by atoms with van der Waals surface area (Å²) in [6.45, 7) is 7.04. The lowest BCUT2D eigenvalue weighted by Gasteiger charge is -2.10. The number of hydrogen-bond acceptors (Lipinski definition) is 6. The van der Waals surface area contributed by atoms with Gasteiger partial charge in [0, 0.05) is 10.7 Å². The maximum Gasteiger partial charge on any atom is 0.341 e. The fourth-order valence-corrected chi connectivity index (χ4v) is 4.71. The van der Waals surface area contributed by atoms with E-state index in [4.69, 9.17) is 21.1 Å². The number of benzene rings is 2. The molecule has 0 spiro atoms. The molecule has 2 amide bonds. The van der Waals surface area contributed by atoms with Crippen molar-refractivity contribution in [1.82, 2.24) is 0 Å². The molecule has 0 saturated heterocycles. The number of halogens is 1. The van der Waals surface area contributed by atoms with E-state index in [-0.39, 0.29) is 23.1 Å². The van der Waals surface area contributed by atoms with Gasteiger partial charge in [-0.05, 0) is 68.7 Å². The van der Waals surface area contributed by atoms with Gasteiger partial charge in [-0.15, -0.1) is 11.3 Å². The zero-order valence-corrected chi connectivity index (χ0v) is 21.1. The van der Waals surface area contributed by atoms with E-state index in [1.54, 1.807) is 25.1 Å². The van der Waals surface area contributed by atoms with Crippen LogP contribution in [0.4, 0.5) is 10.7 Å². The van der Waals surface area contributed by atoms with Crippen molar-refractivity contribution in [2.45, 2.75) is 27.7 Å². The number of rotatable bonds is 7. The van der Waals surface area contributed by atoms with Crippen LogP contribution in [0, 0.1) is 27.7 Å². The maximum atomic E-state index is 13.0. The Labute approximate surface area is 207 Å². The molecule has 0 radical (unpaired) electrons. The van der Waals surface area contributed by atoms with Gasteiger partial charge >= 0.3 is 5.97 Å². The van der Waals surface area contributed by atoms with Crippen LogP contribution in [0.2, 0.25) is 5.02 Å². The van der Waals surface area contributed by atoms with Crippen molar-refractivity contribution in [3.8, 4) is 5.75 Å². The van der Waals surface area contributed by atoms with Crippen LogP contribution in [-0.2, 0) is 9.53 Å². The second-order valence-electron chi connectivity index (χ2n) is 7.77. The summed E-state index contributed by atoms with van der Waals surface area (Å²) in [6, 6.07) is 10.8. The first-order valence-electron chi connectivity index (χ1n) is 10.4. The van der Waals surface area contributed by atoms with E-state index in [2.05, 4.69) is 10.6 Å². The molecule has 0 saturated carbocycles. The molecule has 3 rings (SSSR count). The molecule has 1 heterocycles. The summed E-state index contributed by atoms with van der Waals surface area (Å²) in [5.74, 6) is -0.997. The van der Waals surface area contributed by atoms with Crippen LogP contribution in [0.25, 0.3) is 0 Å². The highest BCUT2D eigenvalue weighted by Gasteiger charge is 2.26. The van der Waals surface area contributed by atoms with Gasteiger partial charge < -0.3 is 20.1 Å². The first kappa shape index (κ1) is 25.3. The summed E-state index contributed by atoms with van der Waals surface area (Å²) in [5.41, 5.74) is 4.00. The van der Waals surface area contributed by atoms with Crippen LogP contribution in [0.1, 0.15) is 42.3 Å². The van der Waals surface area contributed by atoms with Crippen LogP contribution in [-0.4, -0.2) is 31.5 Å². The fraction of sp³-hybridized carbons (Fsp3) is 0.240. The third-order valence-electron chi connectivity index (χ3n) is 5.12. The molecular formula is C25H25ClN2O5S. The van der Waals surface area contributed by atoms with Gasteiger partial charge in [-0.1, -0.05) is 29.3 Å². The van der Waals surface area contributed by atoms with E-state index >= 15 is 0 Å². The molecule has 2 aromatic carbocycles. The van der Waals surface area contributed by atoms with E-state index in [9.17, 15) is 14.4 Å². The number of ether oxygens (including phenoxy) is 2. The predicted molar refractivity (Wildman–Crippen MR) is 135 cm³/mol. The largest absolute Gasteiger partial charge is 0.483 e. The molecule has 0 bridgehead atoms. The summed E-state index contributed by atoms with van der Waals surface area (Å²) < 4.78 is 10.5. The third kappa shape index (κ3) is 5.76. The average Bonchev–Trinajstić information content (AvgIpc) is 3.10. The van der Waals surface area contributed by atoms with Crippen molar-refractivity contribution in [3.05, 3.63) is 74.1 Å². The molecule has 0 unspecified atom stereocenters. The van der Waals surface area contributed by atoms with Crippen LogP contribution in [0.3, 0.4) is 0 Å². The number of aryl methyl sites for hydroxylation is 3. The summed E-state index contributed by atoms with van der Waals surface area (Å²) in [7, 11) is 1.24. The summed E-state index contributed by atoms with van der Waals surface area (Å²) in [4.78, 5) is 38.3. The molecule has 34 heavy (non-hydrogen) atoms. The zero-order valence-electron chi connectivity index (χ0n) is 19.5. The zero-order chi connectivity index (χ0) is 25.0. The highest BCUT2D eigenvalue weighted by atomic mass is 35.5. The smallest absolute Gasteiger partial charge is 0.341 e. The van der Waals surface area contributed by atoms with Gasteiger partial charge in [0.25, 0.3) is 11.8 Å². The highest BCUT2D eigenvalue weighted by Crippen LogP contribution is 2.34. The van der Waals surface area contributed by atoms with Crippen LogP contribution >= 0.6 is 22.9 Å². The third-order valence-corrected chi connectivity index (χ3v) is 6.56. The Morgan fingerprint density at radius 1 is 0.971 bits per heavy atom. The number of methoxy groups -OCH3 is 1. The van der Waals surface area contributed by atoms with Gasteiger partial charge in [-0.2, -0.15) is 0 Å². The van der Waals surface area contributed by atoms with Gasteiger partial charge in [0.15, 0.2) is 6.61 Å². The molecule has 178 valence electrons. The Morgan fingerprint density at radius 2 is 1.71 bits per heavy atom. The maximum absolute atomic E-state index is 13.0. The Morgan fingerprint density at radius 3 is 2.35 bits per heavy atom. The number of nitrogens with one attached hydrogen (secondary N) is 2. The van der Waals surface area contributed by atoms with E-state index in [1.165, 1.54) is 7.11 Å². The van der Waals surface area contributed by atoms with Crippen LogP contribution in [0.5, 0.6) is 5.75 Å². The van der Waals surface area contributed by atoms with Crippen molar-refractivity contribution < 1.29 is 23.9 Å². The second-order valence-corrected chi connectivity index (χ2v) is 9.23. The predicted octanol–water partition coefficient (Wildman–Crippen LogP) is 5.69. The summed E-state index contributed by atoms with van der Waals surface area (Å²) >= 11 is 6.95. The monoisotopic (exact) mass is 500 g/mol. The first-order valence-corrected chi connectivity index (χ1v) is 11.6. The van der Waals surface area contributed by atoms with Crippen LogP contribution < -0.4 is 15.4 Å². The molecular weight excluding hydrogens is 476 g/mol. The van der Waals surface area contributed by atoms with Gasteiger partial charge in [-0.25, -0.2) is 4.79 Å². The Kier molecular flexibility index (Phi) is 7.96. The quantitative estimate of drug-likeness (QED) is 0.406. The molecule has 1 aromatic heterocycles. The van der Waals surface area contributed by atoms with Crippen molar-refractivity contribution in [3.63, 3.8) is 0 Å². The lowest BCUT2D eigenvalue weighted by atomic mass is 10.1. The number of anilines is 2. The molecule has 0 fully saturated rings. The Hall–Kier alpha value is -3.36. The number of hydrogen-bond donors (Lipinski definition) is 2. The number of carbonyl (C=O) groups excluding carboxylic acids is 3. The summed E-state index contributed by atoms with van der Waals surface area (Å²) in [5, 5.41) is 6.33. The van der Waals surface area contributed by atoms with E-state index in [1.807, 2.05) is 39.0 Å². The van der Waals surface area contributed by atoms with Gasteiger partial charge in [0.2, 0.25) is 0 Å². The molecule has 0 atom stereocenters. The molecule has 7 nitrogen and oxygen atoms in total.